The molecular formula is C12H13ClN2O. The third-order valence-electron chi connectivity index (χ3n) is 1.89. The van der Waals surface area contributed by atoms with Crippen LogP contribution in [0.5, 0.6) is 0 Å². The van der Waals surface area contributed by atoms with Gasteiger partial charge in [-0.15, -0.1) is 6.42 Å². The van der Waals surface area contributed by atoms with Gasteiger partial charge in [-0.1, -0.05) is 29.7 Å². The van der Waals surface area contributed by atoms with Crippen LogP contribution in [0, 0.1) is 12.3 Å². The molecule has 84 valence electrons. The van der Waals surface area contributed by atoms with Gasteiger partial charge in [0, 0.05) is 11.6 Å². The van der Waals surface area contributed by atoms with Gasteiger partial charge in [0.2, 0.25) is 5.91 Å². The Morgan fingerprint density at radius 3 is 3.00 bits per heavy atom. The van der Waals surface area contributed by atoms with Crippen molar-refractivity contribution in [2.24, 2.45) is 0 Å². The van der Waals surface area contributed by atoms with E-state index in [0.717, 1.165) is 5.56 Å². The van der Waals surface area contributed by atoms with Crippen molar-refractivity contribution in [3.05, 3.63) is 34.9 Å². The molecule has 0 atom stereocenters. The van der Waals surface area contributed by atoms with Crippen molar-refractivity contribution in [2.45, 2.75) is 6.54 Å². The maximum Gasteiger partial charge on any atom is 0.234 e. The Morgan fingerprint density at radius 1 is 1.50 bits per heavy atom. The zero-order chi connectivity index (χ0) is 11.8. The average Bonchev–Trinajstić information content (AvgIpc) is 2.27. The largest absolute Gasteiger partial charge is 0.351 e. The molecule has 0 radical (unpaired) electrons. The fraction of sp³-hybridized carbons (Fsp3) is 0.250. The van der Waals surface area contributed by atoms with Crippen LogP contribution in [0.25, 0.3) is 0 Å². The van der Waals surface area contributed by atoms with E-state index in [1.807, 2.05) is 18.2 Å². The first kappa shape index (κ1) is 12.6. The van der Waals surface area contributed by atoms with Gasteiger partial charge in [-0.3, -0.25) is 10.1 Å². The molecule has 1 aromatic rings. The maximum atomic E-state index is 11.3. The zero-order valence-electron chi connectivity index (χ0n) is 8.79. The number of terminal acetylenes is 1. The molecule has 1 rings (SSSR count). The number of nitrogens with one attached hydrogen (secondary N) is 2. The van der Waals surface area contributed by atoms with E-state index >= 15 is 0 Å². The van der Waals surface area contributed by atoms with E-state index in [1.165, 1.54) is 0 Å². The van der Waals surface area contributed by atoms with E-state index in [1.54, 1.807) is 6.07 Å². The van der Waals surface area contributed by atoms with Crippen molar-refractivity contribution < 1.29 is 4.79 Å². The quantitative estimate of drug-likeness (QED) is 0.596. The first-order valence-corrected chi connectivity index (χ1v) is 5.25. The summed E-state index contributed by atoms with van der Waals surface area (Å²) in [7, 11) is 0. The molecule has 16 heavy (non-hydrogen) atoms. The van der Waals surface area contributed by atoms with Crippen LogP contribution in [0.2, 0.25) is 5.02 Å². The highest BCUT2D eigenvalue weighted by molar-refractivity contribution is 6.30. The highest BCUT2D eigenvalue weighted by Crippen LogP contribution is 2.09. The number of rotatable bonds is 5. The molecule has 0 saturated carbocycles. The van der Waals surface area contributed by atoms with E-state index in [9.17, 15) is 4.79 Å². The minimum absolute atomic E-state index is 0.0878. The second-order valence-corrected chi connectivity index (χ2v) is 3.65. The first-order chi connectivity index (χ1) is 7.72. The van der Waals surface area contributed by atoms with Crippen molar-refractivity contribution in [3.8, 4) is 12.3 Å². The summed E-state index contributed by atoms with van der Waals surface area (Å²) in [5, 5.41) is 6.23. The predicted molar refractivity (Wildman–Crippen MR) is 65.0 cm³/mol. The molecule has 0 aliphatic heterocycles. The number of benzene rings is 1. The SMILES string of the molecule is C#CCNCC(=O)NCc1cccc(Cl)c1. The van der Waals surface area contributed by atoms with Crippen molar-refractivity contribution >= 4 is 17.5 Å². The highest BCUT2D eigenvalue weighted by atomic mass is 35.5. The van der Waals surface area contributed by atoms with E-state index in [-0.39, 0.29) is 12.5 Å². The number of halogens is 1. The van der Waals surface area contributed by atoms with Gasteiger partial charge in [0.05, 0.1) is 13.1 Å². The van der Waals surface area contributed by atoms with Gasteiger partial charge in [-0.25, -0.2) is 0 Å². The second kappa shape index (κ2) is 6.89. The lowest BCUT2D eigenvalue weighted by atomic mass is 10.2. The van der Waals surface area contributed by atoms with Crippen molar-refractivity contribution in [1.82, 2.24) is 10.6 Å². The Morgan fingerprint density at radius 2 is 2.31 bits per heavy atom. The standard InChI is InChI=1S/C12H13ClN2O/c1-2-6-14-9-12(16)15-8-10-4-3-5-11(13)7-10/h1,3-5,7,14H,6,8-9H2,(H,15,16). The predicted octanol–water partition coefficient (Wildman–Crippen LogP) is 1.18. The zero-order valence-corrected chi connectivity index (χ0v) is 9.55. The molecule has 0 aromatic heterocycles. The number of hydrogen-bond acceptors (Lipinski definition) is 2. The molecule has 0 bridgehead atoms. The number of carbonyl (C=O) groups is 1. The summed E-state index contributed by atoms with van der Waals surface area (Å²) in [6.07, 6.45) is 5.04. The molecule has 2 N–H and O–H groups in total. The van der Waals surface area contributed by atoms with Gasteiger partial charge < -0.3 is 5.32 Å². The van der Waals surface area contributed by atoms with Gasteiger partial charge in [-0.05, 0) is 17.7 Å². The lowest BCUT2D eigenvalue weighted by Gasteiger charge is -2.05. The average molecular weight is 237 g/mol. The van der Waals surface area contributed by atoms with Crippen molar-refractivity contribution in [3.63, 3.8) is 0 Å². The molecule has 0 heterocycles. The number of amides is 1. The molecule has 0 aliphatic rings. The molecular weight excluding hydrogens is 224 g/mol. The summed E-state index contributed by atoms with van der Waals surface area (Å²) in [4.78, 5) is 11.3. The summed E-state index contributed by atoms with van der Waals surface area (Å²) >= 11 is 5.82. The van der Waals surface area contributed by atoms with Crippen LogP contribution in [0.1, 0.15) is 5.56 Å². The maximum absolute atomic E-state index is 11.3. The van der Waals surface area contributed by atoms with Gasteiger partial charge >= 0.3 is 0 Å². The fourth-order valence-corrected chi connectivity index (χ4v) is 1.37. The summed E-state index contributed by atoms with van der Waals surface area (Å²) in [6, 6.07) is 7.36. The van der Waals surface area contributed by atoms with Crippen LogP contribution in [0.4, 0.5) is 0 Å². The van der Waals surface area contributed by atoms with E-state index in [4.69, 9.17) is 18.0 Å². The lowest BCUT2D eigenvalue weighted by Crippen LogP contribution is -2.33. The summed E-state index contributed by atoms with van der Waals surface area (Å²) in [5.41, 5.74) is 0.970. The van der Waals surface area contributed by atoms with Crippen molar-refractivity contribution in [1.29, 1.82) is 0 Å². The topological polar surface area (TPSA) is 41.1 Å². The van der Waals surface area contributed by atoms with Crippen molar-refractivity contribution in [2.75, 3.05) is 13.1 Å². The molecule has 0 spiro atoms. The van der Waals surface area contributed by atoms with Crippen LogP contribution in [0.15, 0.2) is 24.3 Å². The Labute approximate surface area is 100 Å². The second-order valence-electron chi connectivity index (χ2n) is 3.21. The molecule has 0 aliphatic carbocycles. The van der Waals surface area contributed by atoms with Crippen LogP contribution < -0.4 is 10.6 Å². The third kappa shape index (κ3) is 4.83. The lowest BCUT2D eigenvalue weighted by molar-refractivity contribution is -0.120. The molecule has 1 aromatic carbocycles. The van der Waals surface area contributed by atoms with E-state index < -0.39 is 0 Å². The Bertz CT molecular complexity index is 398. The van der Waals surface area contributed by atoms with Gasteiger partial charge in [0.25, 0.3) is 0 Å². The monoisotopic (exact) mass is 236 g/mol. The van der Waals surface area contributed by atoms with Crippen LogP contribution in [-0.2, 0) is 11.3 Å². The number of hydrogen-bond donors (Lipinski definition) is 2. The molecule has 4 heteroatoms. The molecule has 1 amide bonds. The van der Waals surface area contributed by atoms with Crippen LogP contribution in [-0.4, -0.2) is 19.0 Å². The Kier molecular flexibility index (Phi) is 5.41. The fourth-order valence-electron chi connectivity index (χ4n) is 1.16. The minimum Gasteiger partial charge on any atom is -0.351 e. The van der Waals surface area contributed by atoms with Crippen LogP contribution in [0.3, 0.4) is 0 Å². The normalized spacial score (nSPS) is 9.50. The molecule has 3 nitrogen and oxygen atoms in total. The summed E-state index contributed by atoms with van der Waals surface area (Å²) in [6.45, 7) is 1.09. The highest BCUT2D eigenvalue weighted by Gasteiger charge is 2.00. The first-order valence-electron chi connectivity index (χ1n) is 4.87. The van der Waals surface area contributed by atoms with Gasteiger partial charge in [-0.2, -0.15) is 0 Å². The van der Waals surface area contributed by atoms with Crippen LogP contribution >= 0.6 is 11.6 Å². The molecule has 0 fully saturated rings. The smallest absolute Gasteiger partial charge is 0.234 e. The molecule has 0 saturated heterocycles. The van der Waals surface area contributed by atoms with Gasteiger partial charge in [0.1, 0.15) is 0 Å². The Balaban J connectivity index is 2.29. The van der Waals surface area contributed by atoms with E-state index in [2.05, 4.69) is 16.6 Å². The minimum atomic E-state index is -0.0878. The summed E-state index contributed by atoms with van der Waals surface area (Å²) in [5.74, 6) is 2.31. The Hall–Kier alpha value is -1.50. The third-order valence-corrected chi connectivity index (χ3v) is 2.13. The number of carbonyl (C=O) groups excluding carboxylic acids is 1. The summed E-state index contributed by atoms with van der Waals surface area (Å²) < 4.78 is 0. The van der Waals surface area contributed by atoms with E-state index in [0.29, 0.717) is 18.1 Å². The van der Waals surface area contributed by atoms with Gasteiger partial charge in [0.15, 0.2) is 0 Å². The molecule has 0 unspecified atom stereocenters.